The minimum atomic E-state index is -0.161. The van der Waals surface area contributed by atoms with Gasteiger partial charge in [0.05, 0.1) is 48.8 Å². The van der Waals surface area contributed by atoms with Crippen LogP contribution in [0.1, 0.15) is 24.6 Å². The van der Waals surface area contributed by atoms with Crippen molar-refractivity contribution in [3.05, 3.63) is 59.8 Å². The van der Waals surface area contributed by atoms with Gasteiger partial charge in [-0.05, 0) is 24.6 Å². The van der Waals surface area contributed by atoms with Crippen molar-refractivity contribution in [2.75, 3.05) is 41.4 Å². The number of carbonyl (C=O) groups excluding carboxylic acids is 1. The summed E-state index contributed by atoms with van der Waals surface area (Å²) < 4.78 is 5.91. The molecule has 3 aromatic rings. The molecule has 0 saturated carbocycles. The van der Waals surface area contributed by atoms with E-state index in [-0.39, 0.29) is 12.0 Å². The van der Waals surface area contributed by atoms with Crippen molar-refractivity contribution in [2.24, 2.45) is 0 Å². The average Bonchev–Trinajstić information content (AvgIpc) is 3.27. The maximum absolute atomic E-state index is 12.0. The van der Waals surface area contributed by atoms with Gasteiger partial charge < -0.3 is 19.9 Å². The minimum Gasteiger partial charge on any atom is -0.368 e. The van der Waals surface area contributed by atoms with E-state index in [0.717, 1.165) is 17.8 Å². The summed E-state index contributed by atoms with van der Waals surface area (Å²) in [6.07, 6.45) is 7.97. The summed E-state index contributed by atoms with van der Waals surface area (Å²) in [5, 5.41) is 3.65. The zero-order valence-corrected chi connectivity index (χ0v) is 18.1. The maximum Gasteiger partial charge on any atom is 0.229 e. The molecule has 2 aliphatic heterocycles. The number of amides is 1. The molecule has 0 aliphatic carbocycles. The van der Waals surface area contributed by atoms with Crippen LogP contribution in [0.4, 0.5) is 23.1 Å². The van der Waals surface area contributed by atoms with Crippen molar-refractivity contribution < 1.29 is 9.53 Å². The summed E-state index contributed by atoms with van der Waals surface area (Å²) in [6, 6.07) is 7.66. The number of nitrogens with one attached hydrogen (secondary N) is 1. The van der Waals surface area contributed by atoms with Gasteiger partial charge in [0.15, 0.2) is 5.82 Å². The van der Waals surface area contributed by atoms with Crippen LogP contribution in [0.15, 0.2) is 49.1 Å². The first-order valence-electron chi connectivity index (χ1n) is 10.5. The van der Waals surface area contributed by atoms with Crippen LogP contribution in [0, 0.1) is 0 Å². The zero-order valence-electron chi connectivity index (χ0n) is 17.3. The fourth-order valence-electron chi connectivity index (χ4n) is 3.92. The normalized spacial score (nSPS) is 18.8. The van der Waals surface area contributed by atoms with Crippen LogP contribution in [0.25, 0.3) is 0 Å². The third-order valence-corrected chi connectivity index (χ3v) is 5.74. The molecule has 10 heteroatoms. The fraction of sp³-hybridized carbons (Fsp3) is 0.318. The van der Waals surface area contributed by atoms with Crippen LogP contribution in [0.3, 0.4) is 0 Å². The van der Waals surface area contributed by atoms with E-state index in [2.05, 4.69) is 30.2 Å². The Morgan fingerprint density at radius 2 is 2.09 bits per heavy atom. The van der Waals surface area contributed by atoms with Gasteiger partial charge in [0.25, 0.3) is 0 Å². The quantitative estimate of drug-likeness (QED) is 0.630. The van der Waals surface area contributed by atoms with Crippen molar-refractivity contribution >= 4 is 40.6 Å². The molecule has 0 aromatic carbocycles. The lowest BCUT2D eigenvalue weighted by molar-refractivity contribution is -0.117. The lowest BCUT2D eigenvalue weighted by Crippen LogP contribution is -2.39. The molecule has 5 heterocycles. The molecular weight excluding hydrogens is 430 g/mol. The van der Waals surface area contributed by atoms with Gasteiger partial charge in [0.2, 0.25) is 11.9 Å². The van der Waals surface area contributed by atoms with E-state index < -0.39 is 0 Å². The Kier molecular flexibility index (Phi) is 5.83. The predicted molar refractivity (Wildman–Crippen MR) is 121 cm³/mol. The van der Waals surface area contributed by atoms with Gasteiger partial charge in [0.1, 0.15) is 11.1 Å². The molecule has 1 amide bonds. The summed E-state index contributed by atoms with van der Waals surface area (Å²) in [7, 11) is 0. The van der Waals surface area contributed by atoms with E-state index in [0.29, 0.717) is 55.1 Å². The van der Waals surface area contributed by atoms with Crippen LogP contribution in [-0.2, 0) is 9.53 Å². The summed E-state index contributed by atoms with van der Waals surface area (Å²) >= 11 is 6.45. The number of ether oxygens (including phenoxy) is 1. The first-order chi connectivity index (χ1) is 15.7. The lowest BCUT2D eigenvalue weighted by Gasteiger charge is -2.33. The van der Waals surface area contributed by atoms with Crippen molar-refractivity contribution in [1.82, 2.24) is 19.9 Å². The molecule has 5 rings (SSSR count). The first kappa shape index (κ1) is 20.6. The smallest absolute Gasteiger partial charge is 0.229 e. The van der Waals surface area contributed by atoms with E-state index in [1.54, 1.807) is 29.7 Å². The molecule has 1 atom stereocenters. The lowest BCUT2D eigenvalue weighted by atomic mass is 10.2. The summed E-state index contributed by atoms with van der Waals surface area (Å²) in [5.74, 6) is 1.15. The second kappa shape index (κ2) is 9.05. The number of morpholine rings is 1. The third kappa shape index (κ3) is 4.35. The number of halogens is 1. The Morgan fingerprint density at radius 1 is 1.16 bits per heavy atom. The van der Waals surface area contributed by atoms with Crippen LogP contribution >= 0.6 is 11.6 Å². The molecule has 2 fully saturated rings. The number of nitrogens with zero attached hydrogens (tertiary/aromatic N) is 6. The van der Waals surface area contributed by atoms with E-state index in [4.69, 9.17) is 16.3 Å². The number of carbonyl (C=O) groups is 1. The molecule has 164 valence electrons. The summed E-state index contributed by atoms with van der Waals surface area (Å²) in [4.78, 5) is 33.5. The van der Waals surface area contributed by atoms with Gasteiger partial charge in [-0.2, -0.15) is 4.98 Å². The molecule has 1 unspecified atom stereocenters. The Bertz CT molecular complexity index is 1110. The topological polar surface area (TPSA) is 96.4 Å². The van der Waals surface area contributed by atoms with Crippen LogP contribution in [0.5, 0.6) is 0 Å². The highest BCUT2D eigenvalue weighted by atomic mass is 35.5. The molecule has 3 aromatic heterocycles. The summed E-state index contributed by atoms with van der Waals surface area (Å²) in [6.45, 7) is 2.50. The number of hydrogen-bond acceptors (Lipinski definition) is 8. The fourth-order valence-corrected chi connectivity index (χ4v) is 4.13. The van der Waals surface area contributed by atoms with E-state index in [1.165, 1.54) is 0 Å². The van der Waals surface area contributed by atoms with E-state index in [1.807, 2.05) is 24.3 Å². The number of anilines is 4. The largest absolute Gasteiger partial charge is 0.368 e. The number of aromatic nitrogens is 4. The van der Waals surface area contributed by atoms with Crippen molar-refractivity contribution in [1.29, 1.82) is 0 Å². The Hall–Kier alpha value is -3.30. The second-order valence-corrected chi connectivity index (χ2v) is 8.04. The highest BCUT2D eigenvalue weighted by Crippen LogP contribution is 2.30. The molecule has 0 radical (unpaired) electrons. The first-order valence-corrected chi connectivity index (χ1v) is 10.9. The second-order valence-electron chi connectivity index (χ2n) is 7.63. The molecule has 2 aliphatic rings. The minimum absolute atomic E-state index is 0.115. The van der Waals surface area contributed by atoms with Crippen molar-refractivity contribution in [2.45, 2.75) is 18.9 Å². The zero-order chi connectivity index (χ0) is 21.9. The Balaban J connectivity index is 1.35. The van der Waals surface area contributed by atoms with Crippen molar-refractivity contribution in [3.63, 3.8) is 0 Å². The monoisotopic (exact) mass is 451 g/mol. The van der Waals surface area contributed by atoms with Crippen LogP contribution in [0.2, 0.25) is 5.02 Å². The van der Waals surface area contributed by atoms with Gasteiger partial charge in [-0.3, -0.25) is 14.8 Å². The highest BCUT2D eigenvalue weighted by Gasteiger charge is 2.26. The SMILES string of the molecule is O=C1CCCN1c1cncc(Nc2ncc(Cl)c(N3CCOC(c4ccccn4)C3)n2)c1. The molecule has 2 saturated heterocycles. The standard InChI is InChI=1S/C22H22ClN7O2/c23-17-13-26-22(27-15-10-16(12-24-11-15)30-7-3-5-20(30)31)28-21(17)29-8-9-32-19(14-29)18-4-1-2-6-25-18/h1-2,4,6,10-13,19H,3,5,7-9,14H2,(H,26,27,28). The third-order valence-electron chi connectivity index (χ3n) is 5.47. The molecule has 9 nitrogen and oxygen atoms in total. The highest BCUT2D eigenvalue weighted by molar-refractivity contribution is 6.32. The number of pyridine rings is 2. The van der Waals surface area contributed by atoms with Gasteiger partial charge in [0, 0.05) is 25.7 Å². The Labute approximate surface area is 190 Å². The van der Waals surface area contributed by atoms with Gasteiger partial charge in [-0.15, -0.1) is 0 Å². The van der Waals surface area contributed by atoms with Gasteiger partial charge in [-0.25, -0.2) is 4.98 Å². The molecule has 1 N–H and O–H groups in total. The molecular formula is C22H22ClN7O2. The average molecular weight is 452 g/mol. The van der Waals surface area contributed by atoms with E-state index in [9.17, 15) is 4.79 Å². The molecule has 0 spiro atoms. The van der Waals surface area contributed by atoms with Gasteiger partial charge in [-0.1, -0.05) is 17.7 Å². The maximum atomic E-state index is 12.0. The summed E-state index contributed by atoms with van der Waals surface area (Å²) in [5.41, 5.74) is 2.34. The van der Waals surface area contributed by atoms with Crippen LogP contribution < -0.4 is 15.1 Å². The molecule has 0 bridgehead atoms. The van der Waals surface area contributed by atoms with E-state index >= 15 is 0 Å². The van der Waals surface area contributed by atoms with Crippen LogP contribution in [-0.4, -0.2) is 52.1 Å². The predicted octanol–water partition coefficient (Wildman–Crippen LogP) is 3.37. The molecule has 32 heavy (non-hydrogen) atoms. The Morgan fingerprint density at radius 3 is 2.91 bits per heavy atom. The number of hydrogen-bond donors (Lipinski definition) is 1. The van der Waals surface area contributed by atoms with Crippen molar-refractivity contribution in [3.8, 4) is 0 Å². The number of rotatable bonds is 5. The van der Waals surface area contributed by atoms with Gasteiger partial charge >= 0.3 is 0 Å².